The van der Waals surface area contributed by atoms with E-state index >= 15 is 0 Å². The molecule has 3 rings (SSSR count). The average molecular weight is 355 g/mol. The van der Waals surface area contributed by atoms with E-state index in [1.807, 2.05) is 36.4 Å². The summed E-state index contributed by atoms with van der Waals surface area (Å²) < 4.78 is 5.24. The molecular formula is C21H25NO4. The molecule has 0 bridgehead atoms. The van der Waals surface area contributed by atoms with Gasteiger partial charge in [-0.05, 0) is 36.1 Å². The van der Waals surface area contributed by atoms with E-state index in [1.54, 1.807) is 19.2 Å². The van der Waals surface area contributed by atoms with Crippen molar-refractivity contribution in [2.24, 2.45) is 0 Å². The first-order valence-corrected chi connectivity index (χ1v) is 9.05. The van der Waals surface area contributed by atoms with Gasteiger partial charge in [0, 0.05) is 11.6 Å². The van der Waals surface area contributed by atoms with Crippen LogP contribution in [-0.4, -0.2) is 30.3 Å². The molecule has 26 heavy (non-hydrogen) atoms. The lowest BCUT2D eigenvalue weighted by molar-refractivity contribution is -0.131. The van der Waals surface area contributed by atoms with Crippen LogP contribution < -0.4 is 10.2 Å². The van der Waals surface area contributed by atoms with E-state index in [-0.39, 0.29) is 6.04 Å². The number of methoxy groups -OCH3 is 1. The van der Waals surface area contributed by atoms with Crippen LogP contribution in [0.1, 0.15) is 42.5 Å². The molecule has 2 aromatic carbocycles. The van der Waals surface area contributed by atoms with Crippen LogP contribution in [0.2, 0.25) is 0 Å². The van der Waals surface area contributed by atoms with Gasteiger partial charge in [0.05, 0.1) is 7.11 Å². The highest BCUT2D eigenvalue weighted by Crippen LogP contribution is 2.24. The summed E-state index contributed by atoms with van der Waals surface area (Å²) >= 11 is 0. The summed E-state index contributed by atoms with van der Waals surface area (Å²) in [4.78, 5) is 17.5. The molecule has 2 aromatic rings. The van der Waals surface area contributed by atoms with E-state index in [0.29, 0.717) is 5.56 Å². The zero-order chi connectivity index (χ0) is 18.4. The molecule has 1 aliphatic rings. The van der Waals surface area contributed by atoms with Crippen molar-refractivity contribution in [1.29, 1.82) is 0 Å². The molecule has 0 spiro atoms. The predicted molar refractivity (Wildman–Crippen MR) is 99.9 cm³/mol. The van der Waals surface area contributed by atoms with Gasteiger partial charge in [0.2, 0.25) is 12.1 Å². The number of rotatable bonds is 7. The summed E-state index contributed by atoms with van der Waals surface area (Å²) in [6.45, 7) is 0. The van der Waals surface area contributed by atoms with Gasteiger partial charge in [-0.2, -0.15) is 5.48 Å². The van der Waals surface area contributed by atoms with Crippen molar-refractivity contribution in [1.82, 2.24) is 5.48 Å². The van der Waals surface area contributed by atoms with E-state index in [0.717, 1.165) is 42.6 Å². The number of hydrogen-bond donors (Lipinski definition) is 2. The Balaban J connectivity index is 1.60. The van der Waals surface area contributed by atoms with E-state index in [4.69, 9.17) is 9.57 Å². The first-order valence-electron chi connectivity index (χ1n) is 9.05. The fraction of sp³-hybridized carbons (Fsp3) is 0.381. The highest BCUT2D eigenvalue weighted by Gasteiger charge is 2.21. The highest BCUT2D eigenvalue weighted by atomic mass is 16.7. The molecule has 1 atom stereocenters. The third kappa shape index (κ3) is 4.69. The number of nitrogens with one attached hydrogen (secondary N) is 1. The number of carbonyl (C=O) groups excluding carboxylic acids is 1. The minimum atomic E-state index is -1.50. The van der Waals surface area contributed by atoms with Crippen molar-refractivity contribution < 1.29 is 19.5 Å². The number of ketones is 1. The van der Waals surface area contributed by atoms with Gasteiger partial charge in [-0.1, -0.05) is 55.7 Å². The Kier molecular flexibility index (Phi) is 6.39. The number of hydroxylamine groups is 1. The number of hydrogen-bond acceptors (Lipinski definition) is 5. The second-order valence-electron chi connectivity index (χ2n) is 6.60. The Bertz CT molecular complexity index is 723. The Labute approximate surface area is 153 Å². The van der Waals surface area contributed by atoms with Gasteiger partial charge >= 0.3 is 0 Å². The first-order chi connectivity index (χ1) is 12.7. The summed E-state index contributed by atoms with van der Waals surface area (Å²) in [5.41, 5.74) is 5.22. The molecule has 1 aliphatic carbocycles. The van der Waals surface area contributed by atoms with Crippen LogP contribution in [0.15, 0.2) is 48.5 Å². The van der Waals surface area contributed by atoms with E-state index in [1.165, 1.54) is 6.42 Å². The number of aliphatic hydroxyl groups excluding tert-OH is 1. The smallest absolute Gasteiger partial charge is 0.238 e. The number of benzene rings is 2. The Morgan fingerprint density at radius 1 is 1.08 bits per heavy atom. The van der Waals surface area contributed by atoms with E-state index in [2.05, 4.69) is 5.48 Å². The lowest BCUT2D eigenvalue weighted by atomic mass is 9.96. The Morgan fingerprint density at radius 3 is 2.50 bits per heavy atom. The van der Waals surface area contributed by atoms with E-state index < -0.39 is 12.1 Å². The van der Waals surface area contributed by atoms with Gasteiger partial charge < -0.3 is 9.84 Å². The molecular weight excluding hydrogens is 330 g/mol. The van der Waals surface area contributed by atoms with Gasteiger partial charge in [0.1, 0.15) is 5.75 Å². The summed E-state index contributed by atoms with van der Waals surface area (Å²) in [5, 5.41) is 10.0. The van der Waals surface area contributed by atoms with Crippen molar-refractivity contribution >= 4 is 5.78 Å². The third-order valence-corrected chi connectivity index (χ3v) is 4.75. The quantitative estimate of drug-likeness (QED) is 0.450. The molecule has 0 amide bonds. The second-order valence-corrected chi connectivity index (χ2v) is 6.60. The van der Waals surface area contributed by atoms with E-state index in [9.17, 15) is 9.90 Å². The summed E-state index contributed by atoms with van der Waals surface area (Å²) in [6, 6.07) is 15.0. The van der Waals surface area contributed by atoms with Crippen molar-refractivity contribution in [3.63, 3.8) is 0 Å². The van der Waals surface area contributed by atoms with Gasteiger partial charge in [0.25, 0.3) is 0 Å². The summed E-state index contributed by atoms with van der Waals surface area (Å²) in [6.07, 6.45) is 4.05. The second kappa shape index (κ2) is 8.94. The largest absolute Gasteiger partial charge is 0.497 e. The highest BCUT2D eigenvalue weighted by molar-refractivity contribution is 5.98. The average Bonchev–Trinajstić information content (AvgIpc) is 2.72. The van der Waals surface area contributed by atoms with Crippen molar-refractivity contribution in [2.45, 2.75) is 44.4 Å². The van der Waals surface area contributed by atoms with Gasteiger partial charge in [-0.3, -0.25) is 9.63 Å². The summed E-state index contributed by atoms with van der Waals surface area (Å²) in [7, 11) is 1.63. The normalized spacial score (nSPS) is 16.2. The van der Waals surface area contributed by atoms with Crippen molar-refractivity contribution in [3.8, 4) is 16.9 Å². The van der Waals surface area contributed by atoms with Crippen LogP contribution in [0.5, 0.6) is 5.75 Å². The number of ether oxygens (including phenoxy) is 1. The first kappa shape index (κ1) is 18.6. The molecule has 0 saturated heterocycles. The molecule has 1 fully saturated rings. The molecule has 1 unspecified atom stereocenters. The molecule has 1 saturated carbocycles. The number of Topliss-reactive ketones (excluding diaryl/α,β-unsaturated/α-hetero) is 1. The van der Waals surface area contributed by atoms with Crippen LogP contribution in [0.25, 0.3) is 11.1 Å². The Morgan fingerprint density at radius 2 is 1.81 bits per heavy atom. The Hall–Kier alpha value is -2.21. The third-order valence-electron chi connectivity index (χ3n) is 4.75. The van der Waals surface area contributed by atoms with Crippen molar-refractivity contribution in [2.75, 3.05) is 7.11 Å². The number of carbonyl (C=O) groups is 1. The standard InChI is InChI=1S/C21H25NO4/c1-25-19-9-5-6-17(14-19)15-10-12-16(13-11-15)20(23)21(24)26-22-18-7-3-2-4-8-18/h5-6,9-14,18,21-22,24H,2-4,7-8H2,1H3. The van der Waals surface area contributed by atoms with Crippen molar-refractivity contribution in [3.05, 3.63) is 54.1 Å². The fourth-order valence-corrected chi connectivity index (χ4v) is 3.21. The summed E-state index contributed by atoms with van der Waals surface area (Å²) in [5.74, 6) is 0.325. The topological polar surface area (TPSA) is 67.8 Å². The van der Waals surface area contributed by atoms with Crippen LogP contribution in [-0.2, 0) is 4.84 Å². The van der Waals surface area contributed by atoms with Crippen LogP contribution in [0.4, 0.5) is 0 Å². The molecule has 0 aromatic heterocycles. The zero-order valence-electron chi connectivity index (χ0n) is 15.0. The molecule has 0 radical (unpaired) electrons. The number of aliphatic hydroxyl groups is 1. The van der Waals surface area contributed by atoms with Crippen LogP contribution in [0.3, 0.4) is 0 Å². The molecule has 0 aliphatic heterocycles. The van der Waals surface area contributed by atoms with Crippen LogP contribution >= 0.6 is 0 Å². The monoisotopic (exact) mass is 355 g/mol. The molecule has 5 heteroatoms. The minimum Gasteiger partial charge on any atom is -0.497 e. The molecule has 138 valence electrons. The maximum Gasteiger partial charge on any atom is 0.238 e. The van der Waals surface area contributed by atoms with Gasteiger partial charge in [-0.15, -0.1) is 0 Å². The minimum absolute atomic E-state index is 0.210. The molecule has 2 N–H and O–H groups in total. The van der Waals surface area contributed by atoms with Gasteiger partial charge in [0.15, 0.2) is 0 Å². The molecule has 0 heterocycles. The SMILES string of the molecule is COc1cccc(-c2ccc(C(=O)C(O)ONC3CCCCC3)cc2)c1. The maximum absolute atomic E-state index is 12.3. The maximum atomic E-state index is 12.3. The fourth-order valence-electron chi connectivity index (χ4n) is 3.21. The lowest BCUT2D eigenvalue weighted by Gasteiger charge is -2.23. The lowest BCUT2D eigenvalue weighted by Crippen LogP contribution is -2.37. The zero-order valence-corrected chi connectivity index (χ0v) is 15.0. The molecule has 5 nitrogen and oxygen atoms in total. The van der Waals surface area contributed by atoms with Crippen LogP contribution in [0, 0.1) is 0 Å². The predicted octanol–water partition coefficient (Wildman–Crippen LogP) is 3.72. The van der Waals surface area contributed by atoms with Gasteiger partial charge in [-0.25, -0.2) is 0 Å².